The second-order valence-electron chi connectivity index (χ2n) is 5.07. The average molecular weight is 344 g/mol. The molecule has 0 aliphatic rings. The van der Waals surface area contributed by atoms with Gasteiger partial charge in [-0.2, -0.15) is 11.8 Å². The van der Waals surface area contributed by atoms with Crippen LogP contribution in [0.2, 0.25) is 0 Å². The van der Waals surface area contributed by atoms with E-state index in [1.165, 1.54) is 6.26 Å². The topological polar surface area (TPSA) is 70.6 Å². The summed E-state index contributed by atoms with van der Waals surface area (Å²) in [4.78, 5) is 4.56. The van der Waals surface area contributed by atoms with Crippen molar-refractivity contribution in [3.05, 3.63) is 29.3 Å². The maximum absolute atomic E-state index is 11.6. The molecule has 0 aliphatic carbocycles. The Balaban J connectivity index is 2.58. The van der Waals surface area contributed by atoms with Crippen LogP contribution in [0.25, 0.3) is 0 Å². The third-order valence-electron chi connectivity index (χ3n) is 3.14. The van der Waals surface area contributed by atoms with Gasteiger partial charge in [0, 0.05) is 26.4 Å². The smallest absolute Gasteiger partial charge is 0.191 e. The molecule has 0 fully saturated rings. The first-order chi connectivity index (χ1) is 10.4. The first kappa shape index (κ1) is 18.8. The zero-order valence-electron chi connectivity index (χ0n) is 13.6. The molecule has 2 N–H and O–H groups in total. The second-order valence-corrected chi connectivity index (χ2v) is 8.04. The van der Waals surface area contributed by atoms with Crippen LogP contribution in [-0.4, -0.2) is 46.2 Å². The molecule has 1 aromatic rings. The zero-order valence-corrected chi connectivity index (χ0v) is 15.3. The van der Waals surface area contributed by atoms with E-state index in [2.05, 4.69) is 21.9 Å². The average Bonchev–Trinajstić information content (AvgIpc) is 2.45. The van der Waals surface area contributed by atoms with Crippen molar-refractivity contribution in [2.75, 3.05) is 31.9 Å². The molecule has 0 heterocycles. The SMILES string of the molecule is CN=C(NCCCSC)NCc1ccc(S(C)(=O)=O)c(C)c1. The molecule has 0 saturated carbocycles. The normalized spacial score (nSPS) is 12.3. The van der Waals surface area contributed by atoms with Gasteiger partial charge in [-0.25, -0.2) is 8.42 Å². The zero-order chi connectivity index (χ0) is 16.6. The van der Waals surface area contributed by atoms with E-state index in [1.54, 1.807) is 13.1 Å². The number of sulfone groups is 1. The quantitative estimate of drug-likeness (QED) is 0.449. The molecule has 22 heavy (non-hydrogen) atoms. The second kappa shape index (κ2) is 9.05. The van der Waals surface area contributed by atoms with Gasteiger partial charge in [-0.15, -0.1) is 0 Å². The van der Waals surface area contributed by atoms with Gasteiger partial charge in [0.15, 0.2) is 15.8 Å². The number of hydrogen-bond acceptors (Lipinski definition) is 4. The number of guanidine groups is 1. The summed E-state index contributed by atoms with van der Waals surface area (Å²) in [5, 5.41) is 6.49. The van der Waals surface area contributed by atoms with Crippen LogP contribution in [0.15, 0.2) is 28.1 Å². The van der Waals surface area contributed by atoms with E-state index in [9.17, 15) is 8.42 Å². The third kappa shape index (κ3) is 6.27. The Hall–Kier alpha value is -1.21. The van der Waals surface area contributed by atoms with Gasteiger partial charge in [0.1, 0.15) is 0 Å². The van der Waals surface area contributed by atoms with Gasteiger partial charge in [0.25, 0.3) is 0 Å². The molecular formula is C15H25N3O2S2. The van der Waals surface area contributed by atoms with Crippen molar-refractivity contribution in [3.8, 4) is 0 Å². The number of benzene rings is 1. The number of aryl methyl sites for hydroxylation is 1. The number of thioether (sulfide) groups is 1. The number of rotatable bonds is 7. The lowest BCUT2D eigenvalue weighted by Crippen LogP contribution is -2.37. The largest absolute Gasteiger partial charge is 0.356 e. The van der Waals surface area contributed by atoms with Gasteiger partial charge >= 0.3 is 0 Å². The molecule has 0 unspecified atom stereocenters. The molecule has 0 amide bonds. The Morgan fingerprint density at radius 1 is 1.32 bits per heavy atom. The number of nitrogens with one attached hydrogen (secondary N) is 2. The number of nitrogens with zero attached hydrogens (tertiary/aromatic N) is 1. The predicted molar refractivity (Wildman–Crippen MR) is 95.5 cm³/mol. The molecule has 0 saturated heterocycles. The van der Waals surface area contributed by atoms with Crippen LogP contribution in [0.3, 0.4) is 0 Å². The van der Waals surface area contributed by atoms with Gasteiger partial charge in [0.05, 0.1) is 4.90 Å². The molecule has 5 nitrogen and oxygen atoms in total. The Kier molecular flexibility index (Phi) is 7.75. The van der Waals surface area contributed by atoms with Crippen LogP contribution in [0.4, 0.5) is 0 Å². The fourth-order valence-electron chi connectivity index (χ4n) is 2.07. The molecule has 0 aromatic heterocycles. The van der Waals surface area contributed by atoms with Crippen LogP contribution < -0.4 is 10.6 Å². The van der Waals surface area contributed by atoms with E-state index < -0.39 is 9.84 Å². The number of hydrogen-bond donors (Lipinski definition) is 2. The van der Waals surface area contributed by atoms with E-state index in [4.69, 9.17) is 0 Å². The van der Waals surface area contributed by atoms with Crippen molar-refractivity contribution in [1.29, 1.82) is 0 Å². The lowest BCUT2D eigenvalue weighted by Gasteiger charge is -2.12. The first-order valence-corrected chi connectivity index (χ1v) is 10.4. The minimum absolute atomic E-state index is 0.385. The highest BCUT2D eigenvalue weighted by molar-refractivity contribution is 7.98. The summed E-state index contributed by atoms with van der Waals surface area (Å²) in [7, 11) is -1.42. The summed E-state index contributed by atoms with van der Waals surface area (Å²) in [6.07, 6.45) is 4.41. The van der Waals surface area contributed by atoms with Crippen LogP contribution in [0.1, 0.15) is 17.5 Å². The van der Waals surface area contributed by atoms with E-state index >= 15 is 0 Å². The van der Waals surface area contributed by atoms with Crippen molar-refractivity contribution < 1.29 is 8.42 Å². The van der Waals surface area contributed by atoms with Gasteiger partial charge in [0.2, 0.25) is 0 Å². The predicted octanol–water partition coefficient (Wildman–Crippen LogP) is 1.82. The lowest BCUT2D eigenvalue weighted by molar-refractivity contribution is 0.601. The molecular weight excluding hydrogens is 318 g/mol. The highest BCUT2D eigenvalue weighted by Crippen LogP contribution is 2.16. The van der Waals surface area contributed by atoms with Gasteiger partial charge < -0.3 is 10.6 Å². The molecule has 124 valence electrons. The van der Waals surface area contributed by atoms with Crippen molar-refractivity contribution in [1.82, 2.24) is 10.6 Å². The lowest BCUT2D eigenvalue weighted by atomic mass is 10.1. The Labute approximate surface area is 137 Å². The van der Waals surface area contributed by atoms with Crippen molar-refractivity contribution in [3.63, 3.8) is 0 Å². The third-order valence-corrected chi connectivity index (χ3v) is 5.09. The van der Waals surface area contributed by atoms with Crippen molar-refractivity contribution in [2.45, 2.75) is 24.8 Å². The Morgan fingerprint density at radius 2 is 2.05 bits per heavy atom. The monoisotopic (exact) mass is 343 g/mol. The highest BCUT2D eigenvalue weighted by Gasteiger charge is 2.10. The highest BCUT2D eigenvalue weighted by atomic mass is 32.2. The minimum Gasteiger partial charge on any atom is -0.356 e. The Bertz CT molecular complexity index is 613. The van der Waals surface area contributed by atoms with Gasteiger partial charge in [-0.05, 0) is 42.5 Å². The summed E-state index contributed by atoms with van der Waals surface area (Å²) in [6, 6.07) is 5.39. The summed E-state index contributed by atoms with van der Waals surface area (Å²) in [5.74, 6) is 1.88. The van der Waals surface area contributed by atoms with Crippen molar-refractivity contribution in [2.24, 2.45) is 4.99 Å². The van der Waals surface area contributed by atoms with Crippen LogP contribution in [0, 0.1) is 6.92 Å². The minimum atomic E-state index is -3.16. The van der Waals surface area contributed by atoms with Crippen LogP contribution in [-0.2, 0) is 16.4 Å². The van der Waals surface area contributed by atoms with Gasteiger partial charge in [-0.3, -0.25) is 4.99 Å². The van der Waals surface area contributed by atoms with Crippen LogP contribution in [0.5, 0.6) is 0 Å². The molecule has 0 aliphatic heterocycles. The molecule has 0 atom stereocenters. The maximum atomic E-state index is 11.6. The van der Waals surface area contributed by atoms with E-state index in [0.29, 0.717) is 11.4 Å². The fourth-order valence-corrected chi connectivity index (χ4v) is 3.46. The first-order valence-electron chi connectivity index (χ1n) is 7.11. The van der Waals surface area contributed by atoms with E-state index in [-0.39, 0.29) is 0 Å². The Morgan fingerprint density at radius 3 is 2.59 bits per heavy atom. The molecule has 1 rings (SSSR count). The molecule has 0 spiro atoms. The van der Waals surface area contributed by atoms with E-state index in [0.717, 1.165) is 35.8 Å². The summed E-state index contributed by atoms with van der Waals surface area (Å²) >= 11 is 1.83. The molecule has 7 heteroatoms. The fraction of sp³-hybridized carbons (Fsp3) is 0.533. The van der Waals surface area contributed by atoms with Crippen LogP contribution >= 0.6 is 11.8 Å². The summed E-state index contributed by atoms with van der Waals surface area (Å²) in [5.41, 5.74) is 1.79. The summed E-state index contributed by atoms with van der Waals surface area (Å²) < 4.78 is 23.2. The number of aliphatic imine (C=N–C) groups is 1. The molecule has 0 bridgehead atoms. The standard InChI is InChI=1S/C15H25N3O2S2/c1-12-10-13(6-7-14(12)22(4,19)20)11-18-15(16-2)17-8-5-9-21-3/h6-7,10H,5,8-9,11H2,1-4H3,(H2,16,17,18). The van der Waals surface area contributed by atoms with Gasteiger partial charge in [-0.1, -0.05) is 12.1 Å². The maximum Gasteiger partial charge on any atom is 0.191 e. The molecule has 0 radical (unpaired) electrons. The summed E-state index contributed by atoms with van der Waals surface area (Å²) in [6.45, 7) is 3.30. The van der Waals surface area contributed by atoms with Crippen molar-refractivity contribution >= 4 is 27.6 Å². The van der Waals surface area contributed by atoms with E-state index in [1.807, 2.05) is 30.8 Å². The molecule has 1 aromatic carbocycles.